The van der Waals surface area contributed by atoms with Crippen LogP contribution >= 0.6 is 0 Å². The van der Waals surface area contributed by atoms with Crippen molar-refractivity contribution in [2.45, 2.75) is 12.2 Å². The number of nitrogens with zero attached hydrogens (tertiary/aromatic N) is 1. The molecule has 0 aliphatic carbocycles. The molecule has 0 aliphatic heterocycles. The monoisotopic (exact) mass is 211 g/mol. The minimum atomic E-state index is -1.60. The van der Waals surface area contributed by atoms with Crippen molar-refractivity contribution in [2.24, 2.45) is 0 Å². The number of furan rings is 1. The minimum Gasteiger partial charge on any atom is -0.463 e. The second-order valence-corrected chi connectivity index (χ2v) is 2.71. The summed E-state index contributed by atoms with van der Waals surface area (Å²) in [6.07, 6.45) is -3.07. The van der Waals surface area contributed by atoms with E-state index in [2.05, 4.69) is 4.74 Å². The number of hydrogen-bond acceptors (Lipinski definition) is 6. The molecule has 1 aromatic heterocycles. The van der Waals surface area contributed by atoms with Crippen molar-refractivity contribution in [2.75, 3.05) is 7.11 Å². The number of ether oxygens (including phenoxy) is 1. The Labute approximate surface area is 85.3 Å². The Kier molecular flexibility index (Phi) is 3.44. The normalized spacial score (nSPS) is 14.0. The summed E-state index contributed by atoms with van der Waals surface area (Å²) in [6, 6.07) is 4.02. The van der Waals surface area contributed by atoms with Crippen molar-refractivity contribution in [1.82, 2.24) is 0 Å². The molecule has 1 rings (SSSR count). The summed E-state index contributed by atoms with van der Waals surface area (Å²) >= 11 is 0. The van der Waals surface area contributed by atoms with Gasteiger partial charge in [-0.3, -0.25) is 0 Å². The lowest BCUT2D eigenvalue weighted by atomic mass is 10.2. The summed E-state index contributed by atoms with van der Waals surface area (Å²) in [7, 11) is 1.19. The fraction of sp³-hybridized carbons (Fsp3) is 0.333. The van der Waals surface area contributed by atoms with Crippen LogP contribution in [-0.2, 0) is 4.74 Å². The van der Waals surface area contributed by atoms with Gasteiger partial charge in [0.25, 0.3) is 0 Å². The zero-order valence-corrected chi connectivity index (χ0v) is 7.88. The molecule has 2 unspecified atom stereocenters. The number of carbonyl (C=O) groups is 1. The Bertz CT molecular complexity index is 391. The van der Waals surface area contributed by atoms with Gasteiger partial charge in [-0.15, -0.1) is 0 Å². The number of nitriles is 1. The van der Waals surface area contributed by atoms with Gasteiger partial charge in [-0.25, -0.2) is 4.79 Å². The highest BCUT2D eigenvalue weighted by Gasteiger charge is 2.22. The van der Waals surface area contributed by atoms with Crippen molar-refractivity contribution in [3.05, 3.63) is 23.7 Å². The third-order valence-electron chi connectivity index (χ3n) is 1.74. The molecular formula is C9H9NO5. The highest BCUT2D eigenvalue weighted by Crippen LogP contribution is 2.19. The van der Waals surface area contributed by atoms with Crippen LogP contribution in [0.5, 0.6) is 0 Å². The van der Waals surface area contributed by atoms with Crippen LogP contribution < -0.4 is 0 Å². The molecule has 1 heterocycles. The van der Waals surface area contributed by atoms with Gasteiger partial charge >= 0.3 is 5.97 Å². The van der Waals surface area contributed by atoms with E-state index in [4.69, 9.17) is 14.8 Å². The van der Waals surface area contributed by atoms with E-state index in [-0.39, 0.29) is 11.5 Å². The van der Waals surface area contributed by atoms with E-state index in [1.54, 1.807) is 0 Å². The van der Waals surface area contributed by atoms with Crippen LogP contribution in [-0.4, -0.2) is 29.4 Å². The first-order valence-corrected chi connectivity index (χ1v) is 4.04. The third-order valence-corrected chi connectivity index (χ3v) is 1.74. The lowest BCUT2D eigenvalue weighted by Gasteiger charge is -2.07. The first-order valence-electron chi connectivity index (χ1n) is 4.04. The third kappa shape index (κ3) is 2.34. The maximum atomic E-state index is 11.0. The van der Waals surface area contributed by atoms with E-state index in [1.807, 2.05) is 0 Å². The van der Waals surface area contributed by atoms with Crippen LogP contribution in [0.15, 0.2) is 16.5 Å². The summed E-state index contributed by atoms with van der Waals surface area (Å²) in [5, 5.41) is 26.7. The van der Waals surface area contributed by atoms with E-state index in [1.165, 1.54) is 25.3 Å². The van der Waals surface area contributed by atoms with Gasteiger partial charge < -0.3 is 19.4 Å². The molecule has 80 valence electrons. The van der Waals surface area contributed by atoms with E-state index >= 15 is 0 Å². The SMILES string of the molecule is COC(=O)c1ccc(C(O)C(O)C#N)o1. The molecule has 6 nitrogen and oxygen atoms in total. The smallest absolute Gasteiger partial charge is 0.373 e. The molecule has 0 aromatic carbocycles. The number of hydrogen-bond donors (Lipinski definition) is 2. The molecule has 0 bridgehead atoms. The fourth-order valence-corrected chi connectivity index (χ4v) is 0.948. The molecule has 0 amide bonds. The van der Waals surface area contributed by atoms with Crippen LogP contribution in [0, 0.1) is 11.3 Å². The molecule has 2 N–H and O–H groups in total. The molecule has 0 saturated heterocycles. The topological polar surface area (TPSA) is 104 Å². The van der Waals surface area contributed by atoms with Gasteiger partial charge in [0.2, 0.25) is 5.76 Å². The summed E-state index contributed by atoms with van der Waals surface area (Å²) < 4.78 is 9.26. The van der Waals surface area contributed by atoms with Crippen molar-refractivity contribution in [1.29, 1.82) is 5.26 Å². The van der Waals surface area contributed by atoms with Crippen LogP contribution in [0.2, 0.25) is 0 Å². The predicted octanol–water partition coefficient (Wildman–Crippen LogP) is -0.0159. The lowest BCUT2D eigenvalue weighted by molar-refractivity contribution is 0.0343. The summed E-state index contributed by atoms with van der Waals surface area (Å²) in [4.78, 5) is 11.0. The molecule has 0 saturated carbocycles. The molecule has 0 radical (unpaired) electrons. The highest BCUT2D eigenvalue weighted by atomic mass is 16.5. The zero-order valence-electron chi connectivity index (χ0n) is 7.88. The maximum Gasteiger partial charge on any atom is 0.373 e. The minimum absolute atomic E-state index is 0.0653. The van der Waals surface area contributed by atoms with Crippen molar-refractivity contribution >= 4 is 5.97 Å². The average molecular weight is 211 g/mol. The first kappa shape index (κ1) is 11.2. The Morgan fingerprint density at radius 3 is 2.80 bits per heavy atom. The first-order chi connectivity index (χ1) is 7.10. The Hall–Kier alpha value is -1.84. The van der Waals surface area contributed by atoms with Gasteiger partial charge in [0, 0.05) is 0 Å². The number of carbonyl (C=O) groups excluding carboxylic acids is 1. The van der Waals surface area contributed by atoms with Crippen LogP contribution in [0.3, 0.4) is 0 Å². The molecule has 0 spiro atoms. The summed E-state index contributed by atoms with van der Waals surface area (Å²) in [5.41, 5.74) is 0. The largest absolute Gasteiger partial charge is 0.463 e. The number of rotatable bonds is 3. The standard InChI is InChI=1S/C9H9NO5/c1-14-9(13)7-3-2-6(15-7)8(12)5(11)4-10/h2-3,5,8,11-12H,1H3. The van der Waals surface area contributed by atoms with Crippen molar-refractivity contribution in [3.8, 4) is 6.07 Å². The summed E-state index contributed by atoms with van der Waals surface area (Å²) in [5.74, 6) is -0.860. The second-order valence-electron chi connectivity index (χ2n) is 2.71. The van der Waals surface area contributed by atoms with E-state index in [0.29, 0.717) is 0 Å². The number of esters is 1. The van der Waals surface area contributed by atoms with E-state index in [9.17, 15) is 9.90 Å². The van der Waals surface area contributed by atoms with Gasteiger partial charge in [-0.2, -0.15) is 5.26 Å². The molecule has 6 heteroatoms. The molecule has 15 heavy (non-hydrogen) atoms. The molecule has 0 fully saturated rings. The average Bonchev–Trinajstić information content (AvgIpc) is 2.75. The van der Waals surface area contributed by atoms with Gasteiger partial charge in [0.05, 0.1) is 13.2 Å². The molecule has 1 aromatic rings. The van der Waals surface area contributed by atoms with Crippen LogP contribution in [0.4, 0.5) is 0 Å². The highest BCUT2D eigenvalue weighted by molar-refractivity contribution is 5.86. The Balaban J connectivity index is 2.85. The van der Waals surface area contributed by atoms with Gasteiger partial charge in [0.1, 0.15) is 5.76 Å². The van der Waals surface area contributed by atoms with Crippen molar-refractivity contribution < 1.29 is 24.2 Å². The summed E-state index contributed by atoms with van der Waals surface area (Å²) in [6.45, 7) is 0. The van der Waals surface area contributed by atoms with E-state index in [0.717, 1.165) is 0 Å². The number of aliphatic hydroxyl groups excluding tert-OH is 2. The fourth-order valence-electron chi connectivity index (χ4n) is 0.948. The Morgan fingerprint density at radius 1 is 1.60 bits per heavy atom. The predicted molar refractivity (Wildman–Crippen MR) is 46.6 cm³/mol. The van der Waals surface area contributed by atoms with E-state index < -0.39 is 18.2 Å². The second kappa shape index (κ2) is 4.59. The Morgan fingerprint density at radius 2 is 2.27 bits per heavy atom. The van der Waals surface area contributed by atoms with Gasteiger partial charge in [-0.05, 0) is 12.1 Å². The number of aliphatic hydroxyl groups is 2. The van der Waals surface area contributed by atoms with Crippen molar-refractivity contribution in [3.63, 3.8) is 0 Å². The van der Waals surface area contributed by atoms with Crippen LogP contribution in [0.1, 0.15) is 22.4 Å². The van der Waals surface area contributed by atoms with Gasteiger partial charge in [-0.1, -0.05) is 0 Å². The van der Waals surface area contributed by atoms with Crippen LogP contribution in [0.25, 0.3) is 0 Å². The lowest BCUT2D eigenvalue weighted by Crippen LogP contribution is -2.15. The molecule has 2 atom stereocenters. The molecule has 0 aliphatic rings. The van der Waals surface area contributed by atoms with Gasteiger partial charge in [0.15, 0.2) is 12.2 Å². The number of methoxy groups -OCH3 is 1. The molecular weight excluding hydrogens is 202 g/mol. The zero-order chi connectivity index (χ0) is 11.4. The maximum absolute atomic E-state index is 11.0. The quantitative estimate of drug-likeness (QED) is 0.538.